The highest BCUT2D eigenvalue weighted by Crippen LogP contribution is 2.44. The number of rotatable bonds is 9. The van der Waals surface area contributed by atoms with E-state index >= 15 is 0 Å². The largest absolute Gasteiger partial charge is 0.507 e. The van der Waals surface area contributed by atoms with Gasteiger partial charge in [-0.3, -0.25) is 9.59 Å². The molecule has 0 unspecified atom stereocenters. The lowest BCUT2D eigenvalue weighted by atomic mass is 9.93. The molecule has 1 N–H and O–H groups in total. The van der Waals surface area contributed by atoms with Crippen LogP contribution in [0.1, 0.15) is 29.2 Å². The fraction of sp³-hybridized carbons (Fsp3) is 0.360. The summed E-state index contributed by atoms with van der Waals surface area (Å²) in [5, 5.41) is 11.3. The van der Waals surface area contributed by atoms with Gasteiger partial charge in [-0.15, -0.1) is 0 Å². The van der Waals surface area contributed by atoms with E-state index in [2.05, 4.69) is 0 Å². The number of amides is 1. The molecule has 2 aromatic rings. The van der Waals surface area contributed by atoms with Crippen LogP contribution in [-0.4, -0.2) is 63.3 Å². The van der Waals surface area contributed by atoms with E-state index in [1.165, 1.54) is 19.1 Å². The van der Waals surface area contributed by atoms with Gasteiger partial charge in [-0.25, -0.2) is 0 Å². The van der Waals surface area contributed by atoms with Crippen molar-refractivity contribution in [3.8, 4) is 17.2 Å². The van der Waals surface area contributed by atoms with Gasteiger partial charge in [0.15, 0.2) is 0 Å². The molecule has 1 fully saturated rings. The summed E-state index contributed by atoms with van der Waals surface area (Å²) in [4.78, 5) is 27.7. The summed E-state index contributed by atoms with van der Waals surface area (Å²) in [6.07, 6.45) is 0.522. The topological polar surface area (TPSA) is 94.5 Å². The third-order valence-electron chi connectivity index (χ3n) is 5.71. The van der Waals surface area contributed by atoms with Crippen molar-refractivity contribution in [2.24, 2.45) is 0 Å². The maximum absolute atomic E-state index is 13.2. The van der Waals surface area contributed by atoms with Gasteiger partial charge in [0, 0.05) is 31.4 Å². The first kappa shape index (κ1) is 24.1. The Balaban J connectivity index is 2.23. The molecule has 1 saturated heterocycles. The maximum Gasteiger partial charge on any atom is 0.295 e. The number of ketones is 1. The van der Waals surface area contributed by atoms with Crippen molar-refractivity contribution < 1.29 is 33.6 Å². The van der Waals surface area contributed by atoms with Gasteiger partial charge in [-0.05, 0) is 55.3 Å². The van der Waals surface area contributed by atoms with E-state index in [0.29, 0.717) is 47.0 Å². The van der Waals surface area contributed by atoms with Gasteiger partial charge in [0.1, 0.15) is 23.0 Å². The number of aliphatic hydroxyl groups excluding tert-OH is 1. The van der Waals surface area contributed by atoms with Crippen LogP contribution in [0.2, 0.25) is 0 Å². The number of hydrogen-bond donors (Lipinski definition) is 1. The number of Topliss-reactive ketones (excluding diaryl/α,β-unsaturated/α-hetero) is 1. The molecular weight excluding hydrogens is 426 g/mol. The number of aliphatic hydroxyl groups is 1. The summed E-state index contributed by atoms with van der Waals surface area (Å²) < 4.78 is 21.3. The maximum atomic E-state index is 13.2. The molecule has 1 amide bonds. The lowest BCUT2D eigenvalue weighted by Crippen LogP contribution is -2.31. The van der Waals surface area contributed by atoms with Gasteiger partial charge in [-0.2, -0.15) is 0 Å². The second-order valence-corrected chi connectivity index (χ2v) is 7.63. The average Bonchev–Trinajstić information content (AvgIpc) is 3.08. The summed E-state index contributed by atoms with van der Waals surface area (Å²) in [7, 11) is 6.16. The molecule has 0 spiro atoms. The molecule has 0 bridgehead atoms. The molecule has 0 saturated carbocycles. The molecule has 2 aromatic carbocycles. The minimum Gasteiger partial charge on any atom is -0.507 e. The third kappa shape index (κ3) is 4.66. The Labute approximate surface area is 193 Å². The van der Waals surface area contributed by atoms with Crippen LogP contribution >= 0.6 is 0 Å². The minimum atomic E-state index is -0.853. The molecule has 1 aliphatic rings. The molecular formula is C25H29NO7. The van der Waals surface area contributed by atoms with E-state index in [1.54, 1.807) is 57.5 Å². The quantitative estimate of drug-likeness (QED) is 0.268. The van der Waals surface area contributed by atoms with Crippen molar-refractivity contribution in [3.63, 3.8) is 0 Å². The van der Waals surface area contributed by atoms with E-state index < -0.39 is 17.7 Å². The fourth-order valence-corrected chi connectivity index (χ4v) is 4.04. The summed E-state index contributed by atoms with van der Waals surface area (Å²) in [6, 6.07) is 9.42. The zero-order chi connectivity index (χ0) is 24.1. The second kappa shape index (κ2) is 10.4. The average molecular weight is 456 g/mol. The Kier molecular flexibility index (Phi) is 7.60. The van der Waals surface area contributed by atoms with Crippen LogP contribution in [0, 0.1) is 6.92 Å². The number of carbonyl (C=O) groups excluding carboxylic acids is 2. The molecule has 1 atom stereocenters. The standard InChI is InChI=1S/C25H29NO7/c1-15-13-16(31-3)7-9-18(15)23(27)21-22(19-14-17(32-4)8-10-20(19)33-5)26(11-6-12-30-2)25(29)24(21)28/h7-10,13-14,22,27H,6,11-12H2,1-5H3/b23-21+/t22-/m1/s1. The summed E-state index contributed by atoms with van der Waals surface area (Å²) in [5.41, 5.74) is 1.68. The first-order chi connectivity index (χ1) is 15.9. The molecule has 0 radical (unpaired) electrons. The van der Waals surface area contributed by atoms with Crippen molar-refractivity contribution in [2.45, 2.75) is 19.4 Å². The molecule has 0 aromatic heterocycles. The zero-order valence-corrected chi connectivity index (χ0v) is 19.5. The predicted octanol–water partition coefficient (Wildman–Crippen LogP) is 3.48. The molecule has 0 aliphatic carbocycles. The monoisotopic (exact) mass is 455 g/mol. The highest BCUT2D eigenvalue weighted by molar-refractivity contribution is 6.46. The molecule has 1 heterocycles. The molecule has 3 rings (SSSR count). The van der Waals surface area contributed by atoms with Gasteiger partial charge >= 0.3 is 0 Å². The molecule has 8 heteroatoms. The van der Waals surface area contributed by atoms with Crippen LogP contribution in [-0.2, 0) is 14.3 Å². The van der Waals surface area contributed by atoms with Crippen molar-refractivity contribution in [1.29, 1.82) is 0 Å². The van der Waals surface area contributed by atoms with Gasteiger partial charge in [0.2, 0.25) is 0 Å². The number of carbonyl (C=O) groups is 2. The predicted molar refractivity (Wildman–Crippen MR) is 123 cm³/mol. The Morgan fingerprint density at radius 2 is 1.64 bits per heavy atom. The Hall–Kier alpha value is -3.52. The van der Waals surface area contributed by atoms with Crippen molar-refractivity contribution >= 4 is 17.4 Å². The zero-order valence-electron chi connectivity index (χ0n) is 19.5. The minimum absolute atomic E-state index is 0.00256. The van der Waals surface area contributed by atoms with Crippen molar-refractivity contribution in [1.82, 2.24) is 4.90 Å². The Morgan fingerprint density at radius 1 is 0.970 bits per heavy atom. The Morgan fingerprint density at radius 3 is 2.24 bits per heavy atom. The first-order valence-electron chi connectivity index (χ1n) is 10.5. The molecule has 33 heavy (non-hydrogen) atoms. The smallest absolute Gasteiger partial charge is 0.295 e. The van der Waals surface area contributed by atoms with E-state index in [-0.39, 0.29) is 17.9 Å². The van der Waals surface area contributed by atoms with Crippen LogP contribution in [0.25, 0.3) is 5.76 Å². The van der Waals surface area contributed by atoms with Crippen LogP contribution in [0.5, 0.6) is 17.2 Å². The highest BCUT2D eigenvalue weighted by Gasteiger charge is 2.47. The van der Waals surface area contributed by atoms with E-state index in [9.17, 15) is 14.7 Å². The summed E-state index contributed by atoms with van der Waals surface area (Å²) in [5.74, 6) is -0.0675. The van der Waals surface area contributed by atoms with Crippen molar-refractivity contribution in [2.75, 3.05) is 41.6 Å². The van der Waals surface area contributed by atoms with E-state index in [4.69, 9.17) is 18.9 Å². The number of methoxy groups -OCH3 is 4. The van der Waals surface area contributed by atoms with E-state index in [0.717, 1.165) is 0 Å². The third-order valence-corrected chi connectivity index (χ3v) is 5.71. The van der Waals surface area contributed by atoms with Crippen LogP contribution in [0.15, 0.2) is 42.0 Å². The van der Waals surface area contributed by atoms with Gasteiger partial charge in [-0.1, -0.05) is 0 Å². The lowest BCUT2D eigenvalue weighted by Gasteiger charge is -2.27. The van der Waals surface area contributed by atoms with Crippen LogP contribution in [0.4, 0.5) is 0 Å². The molecule has 8 nitrogen and oxygen atoms in total. The highest BCUT2D eigenvalue weighted by atomic mass is 16.5. The molecule has 1 aliphatic heterocycles. The fourth-order valence-electron chi connectivity index (χ4n) is 4.04. The van der Waals surface area contributed by atoms with Gasteiger partial charge in [0.25, 0.3) is 11.7 Å². The summed E-state index contributed by atoms with van der Waals surface area (Å²) >= 11 is 0. The molecule has 176 valence electrons. The number of hydrogen-bond acceptors (Lipinski definition) is 7. The second-order valence-electron chi connectivity index (χ2n) is 7.63. The number of ether oxygens (including phenoxy) is 4. The van der Waals surface area contributed by atoms with Crippen molar-refractivity contribution in [3.05, 3.63) is 58.7 Å². The first-order valence-corrected chi connectivity index (χ1v) is 10.5. The summed E-state index contributed by atoms with van der Waals surface area (Å²) in [6.45, 7) is 2.48. The van der Waals surface area contributed by atoms with Crippen LogP contribution in [0.3, 0.4) is 0 Å². The number of likely N-dealkylation sites (tertiary alicyclic amines) is 1. The Bertz CT molecular complexity index is 1080. The van der Waals surface area contributed by atoms with Crippen LogP contribution < -0.4 is 14.2 Å². The normalized spacial score (nSPS) is 17.4. The lowest BCUT2D eigenvalue weighted by molar-refractivity contribution is -0.140. The SMILES string of the molecule is COCCCN1C(=O)C(=O)/C(=C(/O)c2ccc(OC)cc2C)[C@H]1c1cc(OC)ccc1OC. The van der Waals surface area contributed by atoms with Gasteiger partial charge in [0.05, 0.1) is 32.9 Å². The van der Waals surface area contributed by atoms with E-state index in [1.807, 2.05) is 0 Å². The number of nitrogens with zero attached hydrogens (tertiary/aromatic N) is 1. The number of aryl methyl sites for hydroxylation is 1. The number of benzene rings is 2. The van der Waals surface area contributed by atoms with Gasteiger partial charge < -0.3 is 29.0 Å².